The summed E-state index contributed by atoms with van der Waals surface area (Å²) in [4.78, 5) is -0.344. The zero-order valence-electron chi connectivity index (χ0n) is 12.0. The van der Waals surface area contributed by atoms with E-state index in [0.717, 1.165) is 18.1 Å². The molecular formula is C16H18FNO2S. The minimum absolute atomic E-state index is 0.213. The lowest BCUT2D eigenvalue weighted by atomic mass is 9.97. The molecule has 0 saturated heterocycles. The smallest absolute Gasteiger partial charge is 0.264 e. The first-order valence-electron chi connectivity index (χ1n) is 6.82. The summed E-state index contributed by atoms with van der Waals surface area (Å²) >= 11 is 0. The SMILES string of the molecule is CCC(C)c1ccccc1NS(=O)(=O)c1ccccc1F. The van der Waals surface area contributed by atoms with Crippen LogP contribution >= 0.6 is 0 Å². The molecule has 21 heavy (non-hydrogen) atoms. The maximum Gasteiger partial charge on any atom is 0.264 e. The molecule has 0 aromatic heterocycles. The van der Waals surface area contributed by atoms with Crippen LogP contribution in [0.4, 0.5) is 10.1 Å². The second kappa shape index (κ2) is 6.26. The lowest BCUT2D eigenvalue weighted by Gasteiger charge is -2.16. The van der Waals surface area contributed by atoms with Gasteiger partial charge in [0.25, 0.3) is 10.0 Å². The van der Waals surface area contributed by atoms with E-state index in [9.17, 15) is 12.8 Å². The van der Waals surface area contributed by atoms with Gasteiger partial charge in [-0.25, -0.2) is 12.8 Å². The van der Waals surface area contributed by atoms with Crippen molar-refractivity contribution in [1.82, 2.24) is 0 Å². The lowest BCUT2D eigenvalue weighted by molar-refractivity contribution is 0.570. The van der Waals surface area contributed by atoms with E-state index in [4.69, 9.17) is 0 Å². The van der Waals surface area contributed by atoms with E-state index in [-0.39, 0.29) is 10.8 Å². The first-order valence-corrected chi connectivity index (χ1v) is 8.30. The molecule has 3 nitrogen and oxygen atoms in total. The lowest BCUT2D eigenvalue weighted by Crippen LogP contribution is -2.16. The summed E-state index contributed by atoms with van der Waals surface area (Å²) in [5.74, 6) is -0.546. The molecule has 1 atom stereocenters. The second-order valence-electron chi connectivity index (χ2n) is 4.93. The van der Waals surface area contributed by atoms with Gasteiger partial charge in [-0.2, -0.15) is 0 Å². The average molecular weight is 307 g/mol. The summed E-state index contributed by atoms with van der Waals surface area (Å²) < 4.78 is 40.9. The van der Waals surface area contributed by atoms with Gasteiger partial charge in [0.2, 0.25) is 0 Å². The van der Waals surface area contributed by atoms with Crippen LogP contribution in [-0.2, 0) is 10.0 Å². The highest BCUT2D eigenvalue weighted by Gasteiger charge is 2.20. The second-order valence-corrected chi connectivity index (χ2v) is 6.58. The van der Waals surface area contributed by atoms with Crippen LogP contribution in [0.1, 0.15) is 31.7 Å². The maximum absolute atomic E-state index is 13.7. The maximum atomic E-state index is 13.7. The highest BCUT2D eigenvalue weighted by Crippen LogP contribution is 2.28. The first kappa shape index (κ1) is 15.5. The fourth-order valence-corrected chi connectivity index (χ4v) is 3.27. The summed E-state index contributed by atoms with van der Waals surface area (Å²) in [6.07, 6.45) is 0.887. The fourth-order valence-electron chi connectivity index (χ4n) is 2.10. The fraction of sp³-hybridized carbons (Fsp3) is 0.250. The molecule has 2 rings (SSSR count). The standard InChI is InChI=1S/C16H18FNO2S/c1-3-12(2)13-8-4-6-10-15(13)18-21(19,20)16-11-7-5-9-14(16)17/h4-12,18H,3H2,1-2H3. The van der Waals surface area contributed by atoms with Crippen molar-refractivity contribution in [1.29, 1.82) is 0 Å². The average Bonchev–Trinajstić information content (AvgIpc) is 2.47. The van der Waals surface area contributed by atoms with Crippen LogP contribution in [0.2, 0.25) is 0 Å². The zero-order chi connectivity index (χ0) is 15.5. The van der Waals surface area contributed by atoms with Crippen LogP contribution in [0.25, 0.3) is 0 Å². The van der Waals surface area contributed by atoms with Crippen molar-refractivity contribution in [2.24, 2.45) is 0 Å². The van der Waals surface area contributed by atoms with Gasteiger partial charge in [-0.05, 0) is 36.1 Å². The Bertz CT molecular complexity index is 729. The summed E-state index contributed by atoms with van der Waals surface area (Å²) in [6.45, 7) is 4.06. The molecule has 2 aromatic carbocycles. The molecule has 0 aliphatic carbocycles. The highest BCUT2D eigenvalue weighted by atomic mass is 32.2. The van der Waals surface area contributed by atoms with Gasteiger partial charge in [0.15, 0.2) is 0 Å². The van der Waals surface area contributed by atoms with Crippen molar-refractivity contribution >= 4 is 15.7 Å². The Morgan fingerprint density at radius 3 is 2.38 bits per heavy atom. The minimum Gasteiger partial charge on any atom is -0.279 e. The van der Waals surface area contributed by atoms with Gasteiger partial charge in [-0.1, -0.05) is 44.2 Å². The largest absolute Gasteiger partial charge is 0.279 e. The number of benzene rings is 2. The van der Waals surface area contributed by atoms with Crippen molar-refractivity contribution in [2.75, 3.05) is 4.72 Å². The van der Waals surface area contributed by atoms with Gasteiger partial charge in [-0.3, -0.25) is 4.72 Å². The first-order chi connectivity index (χ1) is 9.95. The highest BCUT2D eigenvalue weighted by molar-refractivity contribution is 7.92. The molecule has 0 spiro atoms. The van der Waals surface area contributed by atoms with Gasteiger partial charge >= 0.3 is 0 Å². The van der Waals surface area contributed by atoms with Gasteiger partial charge in [0.1, 0.15) is 10.7 Å². The third kappa shape index (κ3) is 3.42. The van der Waals surface area contributed by atoms with Gasteiger partial charge < -0.3 is 0 Å². The Morgan fingerprint density at radius 2 is 1.71 bits per heavy atom. The number of sulfonamides is 1. The van der Waals surface area contributed by atoms with Crippen LogP contribution < -0.4 is 4.72 Å². The Kier molecular flexibility index (Phi) is 4.63. The monoisotopic (exact) mass is 307 g/mol. The van der Waals surface area contributed by atoms with Gasteiger partial charge in [0, 0.05) is 0 Å². The van der Waals surface area contributed by atoms with Crippen molar-refractivity contribution in [2.45, 2.75) is 31.1 Å². The molecule has 0 bridgehead atoms. The number of halogens is 1. The third-order valence-electron chi connectivity index (χ3n) is 3.47. The number of para-hydroxylation sites is 1. The van der Waals surface area contributed by atoms with Crippen LogP contribution in [0.15, 0.2) is 53.4 Å². The molecule has 5 heteroatoms. The predicted octanol–water partition coefficient (Wildman–Crippen LogP) is 4.14. The molecule has 0 fully saturated rings. The summed E-state index contributed by atoms with van der Waals surface area (Å²) in [7, 11) is -3.93. The summed E-state index contributed by atoms with van der Waals surface area (Å²) in [5, 5.41) is 0. The Labute approximate surface area is 124 Å². The predicted molar refractivity (Wildman–Crippen MR) is 82.4 cm³/mol. The molecule has 0 aliphatic heterocycles. The Hall–Kier alpha value is -1.88. The normalized spacial score (nSPS) is 12.9. The van der Waals surface area contributed by atoms with Crippen LogP contribution in [-0.4, -0.2) is 8.42 Å². The van der Waals surface area contributed by atoms with E-state index >= 15 is 0 Å². The zero-order valence-corrected chi connectivity index (χ0v) is 12.8. The summed E-state index contributed by atoms with van der Waals surface area (Å²) in [5.41, 5.74) is 1.40. The quantitative estimate of drug-likeness (QED) is 0.902. The number of hydrogen-bond acceptors (Lipinski definition) is 2. The van der Waals surface area contributed by atoms with Crippen LogP contribution in [0.3, 0.4) is 0 Å². The number of anilines is 1. The van der Waals surface area contributed by atoms with E-state index in [2.05, 4.69) is 4.72 Å². The topological polar surface area (TPSA) is 46.2 Å². The third-order valence-corrected chi connectivity index (χ3v) is 4.87. The number of nitrogens with one attached hydrogen (secondary N) is 1. The molecule has 0 amide bonds. The molecule has 0 aliphatic rings. The summed E-state index contributed by atoms with van der Waals surface area (Å²) in [6, 6.07) is 12.5. The van der Waals surface area contributed by atoms with E-state index in [1.54, 1.807) is 12.1 Å². The van der Waals surface area contributed by atoms with E-state index in [0.29, 0.717) is 5.69 Å². The number of rotatable bonds is 5. The van der Waals surface area contributed by atoms with E-state index in [1.165, 1.54) is 18.2 Å². The van der Waals surface area contributed by atoms with Crippen molar-refractivity contribution in [3.63, 3.8) is 0 Å². The number of hydrogen-bond donors (Lipinski definition) is 1. The van der Waals surface area contributed by atoms with Gasteiger partial charge in [0.05, 0.1) is 5.69 Å². The molecular weight excluding hydrogens is 289 g/mol. The molecule has 0 radical (unpaired) electrons. The van der Waals surface area contributed by atoms with Crippen molar-refractivity contribution < 1.29 is 12.8 Å². The van der Waals surface area contributed by atoms with Crippen LogP contribution in [0.5, 0.6) is 0 Å². The Morgan fingerprint density at radius 1 is 1.10 bits per heavy atom. The van der Waals surface area contributed by atoms with Crippen LogP contribution in [0, 0.1) is 5.82 Å². The van der Waals surface area contributed by atoms with E-state index in [1.807, 2.05) is 26.0 Å². The molecule has 1 unspecified atom stereocenters. The molecule has 112 valence electrons. The van der Waals surface area contributed by atoms with Crippen molar-refractivity contribution in [3.05, 3.63) is 59.9 Å². The molecule has 2 aromatic rings. The van der Waals surface area contributed by atoms with E-state index < -0.39 is 15.8 Å². The molecule has 1 N–H and O–H groups in total. The Balaban J connectivity index is 2.41. The van der Waals surface area contributed by atoms with Gasteiger partial charge in [-0.15, -0.1) is 0 Å². The minimum atomic E-state index is -3.93. The van der Waals surface area contributed by atoms with Crippen molar-refractivity contribution in [3.8, 4) is 0 Å². The molecule has 0 heterocycles. The molecule has 0 saturated carbocycles.